The molecule has 25 heavy (non-hydrogen) atoms. The Kier molecular flexibility index (Phi) is 5.64. The van der Waals surface area contributed by atoms with Gasteiger partial charge in [-0.25, -0.2) is 0 Å². The minimum Gasteiger partial charge on any atom is -0.466 e. The number of esters is 1. The molecule has 0 fully saturated rings. The third kappa shape index (κ3) is 4.09. The second-order valence-corrected chi connectivity index (χ2v) is 5.81. The van der Waals surface area contributed by atoms with Gasteiger partial charge in [0.15, 0.2) is 5.78 Å². The highest BCUT2D eigenvalue weighted by Gasteiger charge is 2.38. The lowest BCUT2D eigenvalue weighted by Crippen LogP contribution is -2.36. The molecule has 0 aromatic heterocycles. The lowest BCUT2D eigenvalue weighted by atomic mass is 9.73. The number of benzene rings is 2. The average Bonchev–Trinajstić information content (AvgIpc) is 2.62. The highest BCUT2D eigenvalue weighted by atomic mass is 16.6. The summed E-state index contributed by atoms with van der Waals surface area (Å²) in [5, 5.41) is 10.8. The van der Waals surface area contributed by atoms with E-state index < -0.39 is 16.3 Å². The van der Waals surface area contributed by atoms with Crippen molar-refractivity contribution < 1.29 is 19.2 Å². The summed E-state index contributed by atoms with van der Waals surface area (Å²) < 4.78 is 5.02. The van der Waals surface area contributed by atoms with Crippen LogP contribution in [0.5, 0.6) is 0 Å². The van der Waals surface area contributed by atoms with Gasteiger partial charge in [0.1, 0.15) is 0 Å². The zero-order chi connectivity index (χ0) is 18.4. The fourth-order valence-corrected chi connectivity index (χ4v) is 2.67. The van der Waals surface area contributed by atoms with E-state index in [1.165, 1.54) is 24.3 Å². The molecule has 6 nitrogen and oxygen atoms in total. The number of rotatable bonds is 7. The fraction of sp³-hybridized carbons (Fsp3) is 0.263. The van der Waals surface area contributed by atoms with Crippen molar-refractivity contribution >= 4 is 17.4 Å². The Morgan fingerprint density at radius 2 is 1.68 bits per heavy atom. The molecule has 2 aromatic carbocycles. The fourth-order valence-electron chi connectivity index (χ4n) is 2.67. The maximum absolute atomic E-state index is 13.1. The summed E-state index contributed by atoms with van der Waals surface area (Å²) in [6, 6.07) is 14.4. The molecule has 1 atom stereocenters. The molecule has 130 valence electrons. The Bertz CT molecular complexity index is 770. The molecule has 0 heterocycles. The zero-order valence-corrected chi connectivity index (χ0v) is 14.1. The van der Waals surface area contributed by atoms with Gasteiger partial charge >= 0.3 is 5.97 Å². The second-order valence-electron chi connectivity index (χ2n) is 5.81. The van der Waals surface area contributed by atoms with E-state index in [0.717, 1.165) is 0 Å². The van der Waals surface area contributed by atoms with E-state index in [0.29, 0.717) is 11.1 Å². The molecule has 0 unspecified atom stereocenters. The van der Waals surface area contributed by atoms with Crippen LogP contribution in [0, 0.1) is 10.1 Å². The maximum Gasteiger partial charge on any atom is 0.307 e. The van der Waals surface area contributed by atoms with Crippen LogP contribution in [-0.4, -0.2) is 23.3 Å². The van der Waals surface area contributed by atoms with Crippen LogP contribution < -0.4 is 0 Å². The largest absolute Gasteiger partial charge is 0.466 e. The van der Waals surface area contributed by atoms with Gasteiger partial charge in [0.25, 0.3) is 5.69 Å². The Hall–Kier alpha value is -3.02. The molecule has 2 aromatic rings. The van der Waals surface area contributed by atoms with Gasteiger partial charge in [-0.3, -0.25) is 19.7 Å². The third-order valence-electron chi connectivity index (χ3n) is 4.06. The predicted molar refractivity (Wildman–Crippen MR) is 92.5 cm³/mol. The smallest absolute Gasteiger partial charge is 0.307 e. The zero-order valence-electron chi connectivity index (χ0n) is 14.1. The van der Waals surface area contributed by atoms with Crippen LogP contribution in [0.15, 0.2) is 54.6 Å². The molecule has 2 rings (SSSR count). The molecule has 0 N–H and O–H groups in total. The minimum absolute atomic E-state index is 0.0941. The van der Waals surface area contributed by atoms with E-state index in [-0.39, 0.29) is 24.5 Å². The monoisotopic (exact) mass is 341 g/mol. The average molecular weight is 341 g/mol. The lowest BCUT2D eigenvalue weighted by molar-refractivity contribution is -0.384. The number of nitro groups is 1. The van der Waals surface area contributed by atoms with Crippen molar-refractivity contribution in [2.24, 2.45) is 0 Å². The van der Waals surface area contributed by atoms with Gasteiger partial charge in [0, 0.05) is 17.7 Å². The standard InChI is InChI=1S/C19H19NO5/c1-3-25-17(21)13-19(2,15-7-5-4-6-8-15)18(22)14-9-11-16(12-10-14)20(23)24/h4-12H,3,13H2,1-2H3/t19-/m1/s1. The van der Waals surface area contributed by atoms with Crippen LogP contribution in [-0.2, 0) is 14.9 Å². The van der Waals surface area contributed by atoms with Crippen LogP contribution in [0.25, 0.3) is 0 Å². The number of hydrogen-bond donors (Lipinski definition) is 0. The molecule has 0 radical (unpaired) electrons. The van der Waals surface area contributed by atoms with Crippen molar-refractivity contribution in [2.45, 2.75) is 25.7 Å². The van der Waals surface area contributed by atoms with Gasteiger partial charge in [-0.1, -0.05) is 30.3 Å². The van der Waals surface area contributed by atoms with E-state index in [4.69, 9.17) is 4.74 Å². The number of nitro benzene ring substituents is 1. The normalized spacial score (nSPS) is 12.9. The molecule has 0 spiro atoms. The summed E-state index contributed by atoms with van der Waals surface area (Å²) in [6.45, 7) is 3.62. The summed E-state index contributed by atoms with van der Waals surface area (Å²) in [5.41, 5.74) is -0.222. The van der Waals surface area contributed by atoms with Crippen molar-refractivity contribution in [1.82, 2.24) is 0 Å². The van der Waals surface area contributed by atoms with E-state index in [2.05, 4.69) is 0 Å². The van der Waals surface area contributed by atoms with E-state index >= 15 is 0 Å². The molecule has 0 saturated carbocycles. The topological polar surface area (TPSA) is 86.5 Å². The van der Waals surface area contributed by atoms with Gasteiger partial charge < -0.3 is 4.74 Å². The first-order valence-electron chi connectivity index (χ1n) is 7.89. The number of ketones is 1. The minimum atomic E-state index is -1.12. The second kappa shape index (κ2) is 7.70. The van der Waals surface area contributed by atoms with Gasteiger partial charge in [-0.2, -0.15) is 0 Å². The number of carbonyl (C=O) groups excluding carboxylic acids is 2. The molecular formula is C19H19NO5. The van der Waals surface area contributed by atoms with Crippen molar-refractivity contribution in [3.8, 4) is 0 Å². The predicted octanol–water partition coefficient (Wildman–Crippen LogP) is 3.69. The molecule has 0 aliphatic carbocycles. The van der Waals surface area contributed by atoms with E-state index in [9.17, 15) is 19.7 Å². The van der Waals surface area contributed by atoms with Crippen LogP contribution in [0.4, 0.5) is 5.69 Å². The Morgan fingerprint density at radius 3 is 2.20 bits per heavy atom. The first kappa shape index (κ1) is 18.3. The summed E-state index contributed by atoms with van der Waals surface area (Å²) in [6.07, 6.45) is -0.110. The number of carbonyl (C=O) groups is 2. The molecule has 0 bridgehead atoms. The van der Waals surface area contributed by atoms with Crippen molar-refractivity contribution in [2.75, 3.05) is 6.61 Å². The molecule has 6 heteroatoms. The molecule has 0 amide bonds. The number of non-ortho nitro benzene ring substituents is 1. The highest BCUT2D eigenvalue weighted by molar-refractivity contribution is 6.05. The van der Waals surface area contributed by atoms with Crippen LogP contribution >= 0.6 is 0 Å². The van der Waals surface area contributed by atoms with E-state index in [1.54, 1.807) is 38.1 Å². The third-order valence-corrected chi connectivity index (χ3v) is 4.06. The Balaban J connectivity index is 2.42. The van der Waals surface area contributed by atoms with E-state index in [1.807, 2.05) is 6.07 Å². The van der Waals surface area contributed by atoms with Gasteiger partial charge in [-0.15, -0.1) is 0 Å². The first-order chi connectivity index (χ1) is 11.9. The van der Waals surface area contributed by atoms with Gasteiger partial charge in [0.05, 0.1) is 23.4 Å². The first-order valence-corrected chi connectivity index (χ1v) is 7.89. The lowest BCUT2D eigenvalue weighted by Gasteiger charge is -2.28. The number of Topliss-reactive ketones (excluding diaryl/α,β-unsaturated/α-hetero) is 1. The summed E-state index contributed by atoms with van der Waals surface area (Å²) >= 11 is 0. The molecule has 0 aliphatic heterocycles. The number of nitrogens with zero attached hydrogens (tertiary/aromatic N) is 1. The van der Waals surface area contributed by atoms with Gasteiger partial charge in [-0.05, 0) is 31.5 Å². The van der Waals surface area contributed by atoms with Crippen LogP contribution in [0.2, 0.25) is 0 Å². The summed E-state index contributed by atoms with van der Waals surface area (Å²) in [7, 11) is 0. The van der Waals surface area contributed by atoms with Crippen molar-refractivity contribution in [1.29, 1.82) is 0 Å². The molecule has 0 saturated heterocycles. The Labute approximate surface area is 145 Å². The summed E-state index contributed by atoms with van der Waals surface area (Å²) in [4.78, 5) is 35.4. The van der Waals surface area contributed by atoms with Crippen molar-refractivity contribution in [3.63, 3.8) is 0 Å². The quantitative estimate of drug-likeness (QED) is 0.332. The number of ether oxygens (including phenoxy) is 1. The van der Waals surface area contributed by atoms with Crippen LogP contribution in [0.3, 0.4) is 0 Å². The SMILES string of the molecule is CCOC(=O)C[C@@](C)(C(=O)c1ccc([N+](=O)[O-])cc1)c1ccccc1. The maximum atomic E-state index is 13.1. The van der Waals surface area contributed by atoms with Crippen LogP contribution in [0.1, 0.15) is 36.2 Å². The Morgan fingerprint density at radius 1 is 1.08 bits per heavy atom. The van der Waals surface area contributed by atoms with Gasteiger partial charge in [0.2, 0.25) is 0 Å². The highest BCUT2D eigenvalue weighted by Crippen LogP contribution is 2.32. The number of hydrogen-bond acceptors (Lipinski definition) is 5. The van der Waals surface area contributed by atoms with Crippen molar-refractivity contribution in [3.05, 3.63) is 75.8 Å². The molecular weight excluding hydrogens is 322 g/mol. The summed E-state index contributed by atoms with van der Waals surface area (Å²) in [5.74, 6) is -0.759. The molecule has 0 aliphatic rings.